The van der Waals surface area contributed by atoms with E-state index in [4.69, 9.17) is 12.2 Å². The summed E-state index contributed by atoms with van der Waals surface area (Å²) in [5, 5.41) is 9.42. The molecule has 0 aliphatic rings. The second kappa shape index (κ2) is 3.29. The minimum Gasteiger partial charge on any atom is -0.508 e. The van der Waals surface area contributed by atoms with Crippen LogP contribution in [0.3, 0.4) is 0 Å². The highest BCUT2D eigenvalue weighted by Gasteiger charge is 2.05. The molecule has 0 bridgehead atoms. The summed E-state index contributed by atoms with van der Waals surface area (Å²) in [6.45, 7) is 1.81. The van der Waals surface area contributed by atoms with Gasteiger partial charge in [-0.05, 0) is 19.1 Å². The second-order valence-corrected chi connectivity index (χ2v) is 2.71. The maximum Gasteiger partial charge on any atom is 0.121 e. The highest BCUT2D eigenvalue weighted by molar-refractivity contribution is 5.43. The lowest BCUT2D eigenvalue weighted by molar-refractivity contribution is 0.463. The van der Waals surface area contributed by atoms with E-state index in [2.05, 4.69) is 5.92 Å². The average molecular weight is 161 g/mol. The van der Waals surface area contributed by atoms with Gasteiger partial charge in [0.1, 0.15) is 5.75 Å². The number of nitrogens with two attached hydrogens (primary N) is 1. The lowest BCUT2D eigenvalue weighted by Gasteiger charge is -2.07. The first-order valence-electron chi connectivity index (χ1n) is 3.70. The molecule has 0 saturated carbocycles. The van der Waals surface area contributed by atoms with Crippen LogP contribution in [0.4, 0.5) is 0 Å². The Hall–Kier alpha value is -1.46. The predicted octanol–water partition coefficient (Wildman–Crippen LogP) is 1.39. The van der Waals surface area contributed by atoms with E-state index in [1.165, 1.54) is 0 Å². The Kier molecular flexibility index (Phi) is 2.37. The highest BCUT2D eigenvalue weighted by Crippen LogP contribution is 2.22. The predicted molar refractivity (Wildman–Crippen MR) is 48.6 cm³/mol. The number of hydrogen-bond donors (Lipinski definition) is 2. The summed E-state index contributed by atoms with van der Waals surface area (Å²) in [6.07, 6.45) is 5.15. The molecule has 1 atom stereocenters. The molecule has 62 valence electrons. The molecule has 0 aromatic heterocycles. The van der Waals surface area contributed by atoms with Gasteiger partial charge >= 0.3 is 0 Å². The Morgan fingerprint density at radius 3 is 2.67 bits per heavy atom. The van der Waals surface area contributed by atoms with E-state index in [9.17, 15) is 5.11 Å². The summed E-state index contributed by atoms with van der Waals surface area (Å²) in [6, 6.07) is 4.88. The zero-order valence-electron chi connectivity index (χ0n) is 6.91. The van der Waals surface area contributed by atoms with Gasteiger partial charge in [0.15, 0.2) is 0 Å². The van der Waals surface area contributed by atoms with Crippen molar-refractivity contribution >= 4 is 0 Å². The fourth-order valence-electron chi connectivity index (χ4n) is 1.02. The largest absolute Gasteiger partial charge is 0.508 e. The van der Waals surface area contributed by atoms with Crippen LogP contribution < -0.4 is 5.73 Å². The Bertz CT molecular complexity index is 323. The first-order chi connectivity index (χ1) is 5.65. The molecular weight excluding hydrogens is 150 g/mol. The molecule has 0 fully saturated rings. The van der Waals surface area contributed by atoms with Crippen molar-refractivity contribution in [1.82, 2.24) is 0 Å². The van der Waals surface area contributed by atoms with Crippen LogP contribution in [0, 0.1) is 12.3 Å². The molecule has 0 aliphatic carbocycles. The Labute approximate surface area is 72.0 Å². The summed E-state index contributed by atoms with van der Waals surface area (Å²) >= 11 is 0. The molecule has 1 unspecified atom stereocenters. The molecule has 0 amide bonds. The first kappa shape index (κ1) is 8.63. The first-order valence-corrected chi connectivity index (χ1v) is 3.70. The standard InChI is InChI=1S/C10H11NO/c1-3-8-4-5-9(7(2)11)10(12)6-8/h1,4-7,12H,11H2,2H3. The quantitative estimate of drug-likeness (QED) is 0.611. The van der Waals surface area contributed by atoms with Gasteiger partial charge in [-0.3, -0.25) is 0 Å². The summed E-state index contributed by atoms with van der Waals surface area (Å²) < 4.78 is 0. The monoisotopic (exact) mass is 161 g/mol. The molecule has 3 N–H and O–H groups in total. The van der Waals surface area contributed by atoms with Gasteiger partial charge < -0.3 is 10.8 Å². The molecule has 0 spiro atoms. The normalized spacial score (nSPS) is 12.1. The zero-order chi connectivity index (χ0) is 9.14. The number of aromatic hydroxyl groups is 1. The van der Waals surface area contributed by atoms with Crippen LogP contribution >= 0.6 is 0 Å². The minimum atomic E-state index is -0.170. The van der Waals surface area contributed by atoms with Crippen LogP contribution in [0.25, 0.3) is 0 Å². The number of rotatable bonds is 1. The molecule has 0 aliphatic heterocycles. The molecule has 1 aromatic carbocycles. The number of phenolic OH excluding ortho intramolecular Hbond substituents is 1. The molecule has 12 heavy (non-hydrogen) atoms. The topological polar surface area (TPSA) is 46.2 Å². The summed E-state index contributed by atoms with van der Waals surface area (Å²) in [5.41, 5.74) is 6.97. The minimum absolute atomic E-state index is 0.167. The van der Waals surface area contributed by atoms with E-state index in [1.807, 2.05) is 6.92 Å². The fourth-order valence-corrected chi connectivity index (χ4v) is 1.02. The van der Waals surface area contributed by atoms with E-state index in [0.717, 1.165) is 0 Å². The van der Waals surface area contributed by atoms with Crippen LogP contribution in [-0.4, -0.2) is 5.11 Å². The van der Waals surface area contributed by atoms with Gasteiger partial charge in [-0.25, -0.2) is 0 Å². The van der Waals surface area contributed by atoms with Crippen molar-refractivity contribution in [3.05, 3.63) is 29.3 Å². The van der Waals surface area contributed by atoms with Gasteiger partial charge in [0, 0.05) is 17.2 Å². The van der Waals surface area contributed by atoms with Gasteiger partial charge in [0.2, 0.25) is 0 Å². The summed E-state index contributed by atoms with van der Waals surface area (Å²) in [4.78, 5) is 0. The molecule has 1 rings (SSSR count). The number of terminal acetylenes is 1. The Balaban J connectivity index is 3.14. The maximum atomic E-state index is 9.42. The molecule has 2 heteroatoms. The molecule has 0 heterocycles. The molecule has 0 saturated heterocycles. The zero-order valence-corrected chi connectivity index (χ0v) is 6.91. The third-order valence-corrected chi connectivity index (χ3v) is 1.69. The summed E-state index contributed by atoms with van der Waals surface area (Å²) in [5.74, 6) is 2.60. The lowest BCUT2D eigenvalue weighted by Crippen LogP contribution is -2.04. The van der Waals surface area contributed by atoms with Gasteiger partial charge in [-0.1, -0.05) is 12.0 Å². The third kappa shape index (κ3) is 1.58. The van der Waals surface area contributed by atoms with E-state index >= 15 is 0 Å². The maximum absolute atomic E-state index is 9.42. The van der Waals surface area contributed by atoms with Gasteiger partial charge in [-0.2, -0.15) is 0 Å². The SMILES string of the molecule is C#Cc1ccc(C(C)N)c(O)c1. The van der Waals surface area contributed by atoms with E-state index in [0.29, 0.717) is 11.1 Å². The van der Waals surface area contributed by atoms with Crippen molar-refractivity contribution < 1.29 is 5.11 Å². The van der Waals surface area contributed by atoms with Crippen molar-refractivity contribution in [3.8, 4) is 18.1 Å². The van der Waals surface area contributed by atoms with E-state index in [-0.39, 0.29) is 11.8 Å². The van der Waals surface area contributed by atoms with Gasteiger partial charge in [0.25, 0.3) is 0 Å². The smallest absolute Gasteiger partial charge is 0.121 e. The van der Waals surface area contributed by atoms with Crippen LogP contribution in [0.15, 0.2) is 18.2 Å². The third-order valence-electron chi connectivity index (χ3n) is 1.69. The van der Waals surface area contributed by atoms with Crippen molar-refractivity contribution in [3.63, 3.8) is 0 Å². The highest BCUT2D eigenvalue weighted by atomic mass is 16.3. The van der Waals surface area contributed by atoms with E-state index in [1.54, 1.807) is 18.2 Å². The number of phenols is 1. The van der Waals surface area contributed by atoms with Gasteiger partial charge in [0.05, 0.1) is 0 Å². The van der Waals surface area contributed by atoms with Crippen LogP contribution in [0.5, 0.6) is 5.75 Å². The average Bonchev–Trinajstić information content (AvgIpc) is 2.03. The van der Waals surface area contributed by atoms with E-state index < -0.39 is 0 Å². The van der Waals surface area contributed by atoms with Gasteiger partial charge in [-0.15, -0.1) is 6.42 Å². The number of benzene rings is 1. The Morgan fingerprint density at radius 1 is 1.58 bits per heavy atom. The lowest BCUT2D eigenvalue weighted by atomic mass is 10.1. The molecule has 1 aromatic rings. The fraction of sp³-hybridized carbons (Fsp3) is 0.200. The van der Waals surface area contributed by atoms with Crippen LogP contribution in [0.1, 0.15) is 24.1 Å². The van der Waals surface area contributed by atoms with Crippen molar-refractivity contribution in [2.75, 3.05) is 0 Å². The van der Waals surface area contributed by atoms with Crippen molar-refractivity contribution in [2.24, 2.45) is 5.73 Å². The number of hydrogen-bond acceptors (Lipinski definition) is 2. The van der Waals surface area contributed by atoms with Crippen molar-refractivity contribution in [1.29, 1.82) is 0 Å². The second-order valence-electron chi connectivity index (χ2n) is 2.71. The molecule has 0 radical (unpaired) electrons. The van der Waals surface area contributed by atoms with Crippen LogP contribution in [-0.2, 0) is 0 Å². The molecular formula is C10H11NO. The molecule has 2 nitrogen and oxygen atoms in total. The van der Waals surface area contributed by atoms with Crippen molar-refractivity contribution in [2.45, 2.75) is 13.0 Å². The summed E-state index contributed by atoms with van der Waals surface area (Å²) in [7, 11) is 0. The Morgan fingerprint density at radius 2 is 2.25 bits per heavy atom. The van der Waals surface area contributed by atoms with Crippen LogP contribution in [0.2, 0.25) is 0 Å².